The smallest absolute Gasteiger partial charge is 0.0255 e. The molecular weight excluding hydrogens is 296 g/mol. The lowest BCUT2D eigenvalue weighted by molar-refractivity contribution is 0.524. The lowest BCUT2D eigenvalue weighted by Crippen LogP contribution is -2.14. The molecule has 2 unspecified atom stereocenters. The normalized spacial score (nSPS) is 18.5. The van der Waals surface area contributed by atoms with Gasteiger partial charge in [0, 0.05) is 16.0 Å². The minimum Gasteiger partial charge on any atom is -0.126 e. The van der Waals surface area contributed by atoms with Crippen LogP contribution >= 0.6 is 23.4 Å². The Kier molecular flexibility index (Phi) is 4.92. The largest absolute Gasteiger partial charge is 0.126 e. The topological polar surface area (TPSA) is 0 Å². The monoisotopic (exact) mass is 316 g/mol. The summed E-state index contributed by atoms with van der Waals surface area (Å²) in [6, 6.07) is 17.7. The molecule has 0 saturated carbocycles. The van der Waals surface area contributed by atoms with Gasteiger partial charge in [0.2, 0.25) is 0 Å². The fraction of sp³-hybridized carbons (Fsp3) is 0.368. The van der Waals surface area contributed by atoms with Crippen LogP contribution in [0.1, 0.15) is 23.1 Å². The molecule has 0 radical (unpaired) electrons. The van der Waals surface area contributed by atoms with Crippen molar-refractivity contribution in [2.45, 2.75) is 36.3 Å². The van der Waals surface area contributed by atoms with E-state index in [1.807, 2.05) is 11.8 Å². The molecule has 2 atom stereocenters. The van der Waals surface area contributed by atoms with Gasteiger partial charge < -0.3 is 0 Å². The van der Waals surface area contributed by atoms with Crippen LogP contribution in [0.25, 0.3) is 0 Å². The van der Waals surface area contributed by atoms with E-state index in [9.17, 15) is 0 Å². The Hall–Kier alpha value is -0.920. The number of halogens is 1. The minimum atomic E-state index is 0.571. The molecule has 0 aromatic heterocycles. The molecule has 21 heavy (non-hydrogen) atoms. The van der Waals surface area contributed by atoms with Gasteiger partial charge in [-0.05, 0) is 49.3 Å². The van der Waals surface area contributed by atoms with Gasteiger partial charge in [-0.3, -0.25) is 0 Å². The lowest BCUT2D eigenvalue weighted by atomic mass is 9.94. The zero-order valence-electron chi connectivity index (χ0n) is 12.4. The van der Waals surface area contributed by atoms with E-state index in [-0.39, 0.29) is 0 Å². The van der Waals surface area contributed by atoms with Crippen molar-refractivity contribution in [1.82, 2.24) is 0 Å². The molecule has 0 amide bonds. The third kappa shape index (κ3) is 3.84. The Morgan fingerprint density at radius 1 is 1.14 bits per heavy atom. The second-order valence-electron chi connectivity index (χ2n) is 6.00. The van der Waals surface area contributed by atoms with E-state index in [4.69, 9.17) is 11.6 Å². The van der Waals surface area contributed by atoms with E-state index in [1.54, 1.807) is 0 Å². The molecule has 3 rings (SSSR count). The molecule has 0 nitrogen and oxygen atoms in total. The average Bonchev–Trinajstić information content (AvgIpc) is 2.91. The predicted molar refractivity (Wildman–Crippen MR) is 93.5 cm³/mol. The lowest BCUT2D eigenvalue weighted by Gasteiger charge is -2.18. The number of aryl methyl sites for hydroxylation is 1. The number of rotatable bonds is 5. The van der Waals surface area contributed by atoms with Crippen LogP contribution in [0.2, 0.25) is 0 Å². The number of benzene rings is 2. The third-order valence-corrected chi connectivity index (χ3v) is 5.95. The molecule has 0 spiro atoms. The van der Waals surface area contributed by atoms with Gasteiger partial charge in [-0.15, -0.1) is 23.4 Å². The van der Waals surface area contributed by atoms with Crippen molar-refractivity contribution in [2.75, 3.05) is 5.88 Å². The maximum atomic E-state index is 6.23. The van der Waals surface area contributed by atoms with Crippen molar-refractivity contribution in [2.24, 2.45) is 5.92 Å². The number of hydrogen-bond acceptors (Lipinski definition) is 1. The number of hydrogen-bond donors (Lipinski definition) is 0. The van der Waals surface area contributed by atoms with E-state index >= 15 is 0 Å². The van der Waals surface area contributed by atoms with Crippen molar-refractivity contribution in [3.8, 4) is 0 Å². The van der Waals surface area contributed by atoms with Gasteiger partial charge in [0.25, 0.3) is 0 Å². The summed E-state index contributed by atoms with van der Waals surface area (Å²) < 4.78 is 0. The Morgan fingerprint density at radius 2 is 1.90 bits per heavy atom. The fourth-order valence-corrected chi connectivity index (χ4v) is 4.70. The average molecular weight is 317 g/mol. The van der Waals surface area contributed by atoms with Crippen LogP contribution in [0.3, 0.4) is 0 Å². The van der Waals surface area contributed by atoms with Crippen molar-refractivity contribution in [3.63, 3.8) is 0 Å². The zero-order valence-corrected chi connectivity index (χ0v) is 14.0. The van der Waals surface area contributed by atoms with Crippen molar-refractivity contribution >= 4 is 23.4 Å². The summed E-state index contributed by atoms with van der Waals surface area (Å²) in [6.45, 7) is 2.13. The van der Waals surface area contributed by atoms with E-state index in [1.165, 1.54) is 34.4 Å². The first-order valence-corrected chi connectivity index (χ1v) is 9.02. The van der Waals surface area contributed by atoms with Crippen molar-refractivity contribution < 1.29 is 0 Å². The summed E-state index contributed by atoms with van der Waals surface area (Å²) in [5.74, 6) is 1.32. The number of fused-ring (bicyclic) bond motifs is 1. The first-order valence-electron chi connectivity index (χ1n) is 7.60. The molecule has 0 fully saturated rings. The van der Waals surface area contributed by atoms with E-state index in [0.29, 0.717) is 11.2 Å². The van der Waals surface area contributed by atoms with E-state index < -0.39 is 0 Å². The van der Waals surface area contributed by atoms with Crippen LogP contribution in [0.4, 0.5) is 0 Å². The van der Waals surface area contributed by atoms with Gasteiger partial charge in [-0.2, -0.15) is 0 Å². The molecule has 1 aliphatic heterocycles. The summed E-state index contributed by atoms with van der Waals surface area (Å²) in [5, 5.41) is 0.691. The molecule has 110 valence electrons. The van der Waals surface area contributed by atoms with Gasteiger partial charge in [0.15, 0.2) is 0 Å². The first-order chi connectivity index (χ1) is 10.2. The van der Waals surface area contributed by atoms with Gasteiger partial charge in [-0.1, -0.05) is 48.0 Å². The maximum Gasteiger partial charge on any atom is 0.0255 e. The van der Waals surface area contributed by atoms with Gasteiger partial charge in [0.1, 0.15) is 0 Å². The van der Waals surface area contributed by atoms with Crippen LogP contribution in [0, 0.1) is 12.8 Å². The summed E-state index contributed by atoms with van der Waals surface area (Å²) in [4.78, 5) is 1.46. The molecule has 1 aliphatic rings. The second-order valence-corrected chi connectivity index (χ2v) is 7.65. The third-order valence-electron chi connectivity index (χ3n) is 4.17. The van der Waals surface area contributed by atoms with Gasteiger partial charge in [0.05, 0.1) is 0 Å². The van der Waals surface area contributed by atoms with Gasteiger partial charge in [-0.25, -0.2) is 0 Å². The summed E-state index contributed by atoms with van der Waals surface area (Å²) in [7, 11) is 0. The van der Waals surface area contributed by atoms with E-state index in [2.05, 4.69) is 55.5 Å². The Labute approximate surface area is 136 Å². The first kappa shape index (κ1) is 15.0. The maximum absolute atomic E-state index is 6.23. The highest BCUT2D eigenvalue weighted by Gasteiger charge is 2.24. The Balaban J connectivity index is 1.60. The summed E-state index contributed by atoms with van der Waals surface area (Å²) in [5.41, 5.74) is 4.24. The molecular formula is C19H21ClS. The van der Waals surface area contributed by atoms with Crippen LogP contribution in [0.5, 0.6) is 0 Å². The molecule has 2 heteroatoms. The highest BCUT2D eigenvalue weighted by Crippen LogP contribution is 2.40. The summed E-state index contributed by atoms with van der Waals surface area (Å²) in [6.07, 6.45) is 3.50. The highest BCUT2D eigenvalue weighted by molar-refractivity contribution is 8.00. The van der Waals surface area contributed by atoms with Crippen molar-refractivity contribution in [1.29, 1.82) is 0 Å². The quantitative estimate of drug-likeness (QED) is 0.656. The Morgan fingerprint density at radius 3 is 2.62 bits per heavy atom. The SMILES string of the molecule is Cc1ccc(CC(CCl)CC2Cc3ccccc3S2)cc1. The van der Waals surface area contributed by atoms with Crippen LogP contribution in [-0.2, 0) is 12.8 Å². The standard InChI is InChI=1S/C19H21ClS/c1-14-6-8-15(9-7-14)10-16(13-20)11-18-12-17-4-2-3-5-19(17)21-18/h2-9,16,18H,10-13H2,1H3. The molecule has 2 aromatic carbocycles. The van der Waals surface area contributed by atoms with Crippen LogP contribution < -0.4 is 0 Å². The van der Waals surface area contributed by atoms with Crippen LogP contribution in [0.15, 0.2) is 53.4 Å². The number of thioether (sulfide) groups is 1. The molecule has 1 heterocycles. The van der Waals surface area contributed by atoms with Crippen LogP contribution in [-0.4, -0.2) is 11.1 Å². The number of alkyl halides is 1. The Bertz CT molecular complexity index is 566. The molecule has 0 aliphatic carbocycles. The fourth-order valence-electron chi connectivity index (χ4n) is 3.02. The minimum absolute atomic E-state index is 0.571. The van der Waals surface area contributed by atoms with Crippen molar-refractivity contribution in [3.05, 3.63) is 65.2 Å². The molecule has 0 saturated heterocycles. The second kappa shape index (κ2) is 6.89. The predicted octanol–water partition coefficient (Wildman–Crippen LogP) is 5.50. The highest BCUT2D eigenvalue weighted by atomic mass is 35.5. The molecule has 0 N–H and O–H groups in total. The summed E-state index contributed by atoms with van der Waals surface area (Å²) >= 11 is 8.26. The zero-order chi connectivity index (χ0) is 14.7. The molecule has 0 bridgehead atoms. The van der Waals surface area contributed by atoms with E-state index in [0.717, 1.165) is 12.3 Å². The van der Waals surface area contributed by atoms with Gasteiger partial charge >= 0.3 is 0 Å². The molecule has 2 aromatic rings.